The molecule has 0 aromatic heterocycles. The average molecular weight is 340 g/mol. The Labute approximate surface area is 118 Å². The fourth-order valence-electron chi connectivity index (χ4n) is 1.31. The van der Waals surface area contributed by atoms with Gasteiger partial charge in [-0.3, -0.25) is 0 Å². The highest BCUT2D eigenvalue weighted by atomic mass is 79.9. The van der Waals surface area contributed by atoms with Gasteiger partial charge in [0, 0.05) is 19.7 Å². The van der Waals surface area contributed by atoms with E-state index in [2.05, 4.69) is 21.2 Å². The van der Waals surface area contributed by atoms with Crippen LogP contribution in [0.2, 0.25) is 0 Å². The summed E-state index contributed by atoms with van der Waals surface area (Å²) in [4.78, 5) is 0. The van der Waals surface area contributed by atoms with Crippen LogP contribution in [0.25, 0.3) is 0 Å². The lowest BCUT2D eigenvalue weighted by atomic mass is 10.2. The second kappa shape index (κ2) is 8.42. The van der Waals surface area contributed by atoms with E-state index >= 15 is 0 Å². The molecule has 4 nitrogen and oxygen atoms in total. The molecule has 0 fully saturated rings. The maximum Gasteiger partial charge on any atom is 0.149 e. The molecular weight excluding hydrogens is 324 g/mol. The van der Waals surface area contributed by atoms with Crippen molar-refractivity contribution in [1.82, 2.24) is 0 Å². The van der Waals surface area contributed by atoms with Crippen molar-refractivity contribution in [3.05, 3.63) is 28.2 Å². The van der Waals surface area contributed by atoms with Gasteiger partial charge in [0.05, 0.1) is 36.1 Å². The SMILES string of the molecule is COCCOCC(O)CNc1cc(Br)c(F)cc1F. The summed E-state index contributed by atoms with van der Waals surface area (Å²) in [6.45, 7) is 1.03. The predicted molar refractivity (Wildman–Crippen MR) is 71.2 cm³/mol. The Balaban J connectivity index is 2.37. The van der Waals surface area contributed by atoms with E-state index in [1.165, 1.54) is 6.07 Å². The summed E-state index contributed by atoms with van der Waals surface area (Å²) in [6, 6.07) is 2.05. The van der Waals surface area contributed by atoms with Gasteiger partial charge in [0.25, 0.3) is 0 Å². The molecular formula is C12H16BrF2NO3. The Bertz CT molecular complexity index is 407. The summed E-state index contributed by atoms with van der Waals surface area (Å²) >= 11 is 2.96. The van der Waals surface area contributed by atoms with Crippen LogP contribution in [0.3, 0.4) is 0 Å². The first-order valence-corrected chi connectivity index (χ1v) is 6.47. The molecule has 7 heteroatoms. The third-order valence-electron chi connectivity index (χ3n) is 2.28. The van der Waals surface area contributed by atoms with Crippen molar-refractivity contribution in [3.8, 4) is 0 Å². The molecule has 1 aromatic rings. The monoisotopic (exact) mass is 339 g/mol. The predicted octanol–water partition coefficient (Wildman–Crippen LogP) is 2.16. The minimum Gasteiger partial charge on any atom is -0.389 e. The number of halogens is 3. The Kier molecular flexibility index (Phi) is 7.22. The highest BCUT2D eigenvalue weighted by Gasteiger charge is 2.10. The third-order valence-corrected chi connectivity index (χ3v) is 2.89. The van der Waals surface area contributed by atoms with Gasteiger partial charge in [-0.1, -0.05) is 0 Å². The largest absolute Gasteiger partial charge is 0.389 e. The molecule has 0 amide bonds. The van der Waals surface area contributed by atoms with Crippen molar-refractivity contribution < 1.29 is 23.4 Å². The summed E-state index contributed by atoms with van der Waals surface area (Å²) < 4.78 is 36.4. The molecule has 1 atom stereocenters. The minimum atomic E-state index is -0.792. The van der Waals surface area contributed by atoms with Crippen LogP contribution in [-0.4, -0.2) is 44.7 Å². The van der Waals surface area contributed by atoms with Gasteiger partial charge in [-0.05, 0) is 22.0 Å². The van der Waals surface area contributed by atoms with Gasteiger partial charge < -0.3 is 19.9 Å². The molecule has 108 valence electrons. The van der Waals surface area contributed by atoms with Crippen molar-refractivity contribution in [2.24, 2.45) is 0 Å². The normalized spacial score (nSPS) is 12.5. The molecule has 0 aliphatic heterocycles. The number of anilines is 1. The van der Waals surface area contributed by atoms with E-state index < -0.39 is 17.7 Å². The van der Waals surface area contributed by atoms with Crippen LogP contribution in [-0.2, 0) is 9.47 Å². The minimum absolute atomic E-state index is 0.0992. The number of benzene rings is 1. The first-order valence-electron chi connectivity index (χ1n) is 5.67. The Morgan fingerprint density at radius 3 is 2.74 bits per heavy atom. The molecule has 0 spiro atoms. The fraction of sp³-hybridized carbons (Fsp3) is 0.500. The van der Waals surface area contributed by atoms with Gasteiger partial charge in [0.15, 0.2) is 0 Å². The van der Waals surface area contributed by atoms with E-state index in [4.69, 9.17) is 9.47 Å². The zero-order valence-electron chi connectivity index (χ0n) is 10.5. The summed E-state index contributed by atoms with van der Waals surface area (Å²) in [5.74, 6) is -1.39. The van der Waals surface area contributed by atoms with Crippen LogP contribution < -0.4 is 5.32 Å². The van der Waals surface area contributed by atoms with Crippen LogP contribution >= 0.6 is 15.9 Å². The number of methoxy groups -OCH3 is 1. The summed E-state index contributed by atoms with van der Waals surface area (Å²) in [7, 11) is 1.55. The van der Waals surface area contributed by atoms with Crippen molar-refractivity contribution in [2.45, 2.75) is 6.10 Å². The van der Waals surface area contributed by atoms with E-state index in [1.54, 1.807) is 7.11 Å². The zero-order valence-corrected chi connectivity index (χ0v) is 12.0. The topological polar surface area (TPSA) is 50.7 Å². The molecule has 0 saturated heterocycles. The van der Waals surface area contributed by atoms with Gasteiger partial charge >= 0.3 is 0 Å². The number of aliphatic hydroxyl groups is 1. The quantitative estimate of drug-likeness (QED) is 0.563. The first-order chi connectivity index (χ1) is 9.04. The lowest BCUT2D eigenvalue weighted by Gasteiger charge is -2.14. The number of nitrogens with one attached hydrogen (secondary N) is 1. The zero-order chi connectivity index (χ0) is 14.3. The van der Waals surface area contributed by atoms with Crippen LogP contribution in [0.1, 0.15) is 0 Å². The Morgan fingerprint density at radius 1 is 1.32 bits per heavy atom. The Hall–Kier alpha value is -0.760. The van der Waals surface area contributed by atoms with E-state index in [1.807, 2.05) is 0 Å². The van der Waals surface area contributed by atoms with Crippen LogP contribution in [0.15, 0.2) is 16.6 Å². The maximum absolute atomic E-state index is 13.4. The van der Waals surface area contributed by atoms with E-state index in [0.29, 0.717) is 13.2 Å². The number of ether oxygens (including phenoxy) is 2. The summed E-state index contributed by atoms with van der Waals surface area (Å²) in [5, 5.41) is 12.3. The van der Waals surface area contributed by atoms with Gasteiger partial charge in [0.1, 0.15) is 11.6 Å². The summed E-state index contributed by atoms with van der Waals surface area (Å²) in [5.41, 5.74) is 0.115. The molecule has 0 radical (unpaired) electrons. The number of hydrogen-bond donors (Lipinski definition) is 2. The molecule has 1 aromatic carbocycles. The smallest absolute Gasteiger partial charge is 0.149 e. The Morgan fingerprint density at radius 2 is 2.05 bits per heavy atom. The van der Waals surface area contributed by atoms with E-state index in [0.717, 1.165) is 6.07 Å². The highest BCUT2D eigenvalue weighted by Crippen LogP contribution is 2.23. The number of hydrogen-bond acceptors (Lipinski definition) is 4. The molecule has 19 heavy (non-hydrogen) atoms. The molecule has 0 bridgehead atoms. The molecule has 0 heterocycles. The van der Waals surface area contributed by atoms with E-state index in [-0.39, 0.29) is 23.3 Å². The molecule has 0 aliphatic carbocycles. The second-order valence-corrected chi connectivity index (χ2v) is 4.70. The van der Waals surface area contributed by atoms with Gasteiger partial charge in [-0.2, -0.15) is 0 Å². The third kappa shape index (κ3) is 5.82. The van der Waals surface area contributed by atoms with Crippen LogP contribution in [0.5, 0.6) is 0 Å². The fourth-order valence-corrected chi connectivity index (χ4v) is 1.65. The van der Waals surface area contributed by atoms with Crippen LogP contribution in [0, 0.1) is 11.6 Å². The average Bonchev–Trinajstić information content (AvgIpc) is 2.37. The van der Waals surface area contributed by atoms with Crippen molar-refractivity contribution in [2.75, 3.05) is 38.8 Å². The lowest BCUT2D eigenvalue weighted by molar-refractivity contribution is 0.0182. The van der Waals surface area contributed by atoms with Crippen molar-refractivity contribution in [1.29, 1.82) is 0 Å². The molecule has 0 saturated carbocycles. The molecule has 1 rings (SSSR count). The molecule has 0 aliphatic rings. The summed E-state index contributed by atoms with van der Waals surface area (Å²) in [6.07, 6.45) is -0.792. The lowest BCUT2D eigenvalue weighted by Crippen LogP contribution is -2.26. The van der Waals surface area contributed by atoms with E-state index in [9.17, 15) is 13.9 Å². The number of aliphatic hydroxyl groups excluding tert-OH is 1. The van der Waals surface area contributed by atoms with Gasteiger partial charge in [-0.15, -0.1) is 0 Å². The van der Waals surface area contributed by atoms with Gasteiger partial charge in [0.2, 0.25) is 0 Å². The first kappa shape index (κ1) is 16.3. The highest BCUT2D eigenvalue weighted by molar-refractivity contribution is 9.10. The number of rotatable bonds is 8. The van der Waals surface area contributed by atoms with Crippen LogP contribution in [0.4, 0.5) is 14.5 Å². The maximum atomic E-state index is 13.4. The second-order valence-electron chi connectivity index (χ2n) is 3.85. The van der Waals surface area contributed by atoms with Crippen molar-refractivity contribution >= 4 is 21.6 Å². The van der Waals surface area contributed by atoms with Crippen molar-refractivity contribution in [3.63, 3.8) is 0 Å². The van der Waals surface area contributed by atoms with Gasteiger partial charge in [-0.25, -0.2) is 8.78 Å². The standard InChI is InChI=1S/C12H16BrF2NO3/c1-18-2-3-19-7-8(17)6-16-12-4-9(13)10(14)5-11(12)15/h4-5,8,16-17H,2-3,6-7H2,1H3. The molecule has 2 N–H and O–H groups in total. The molecule has 1 unspecified atom stereocenters.